The van der Waals surface area contributed by atoms with Gasteiger partial charge in [0.1, 0.15) is 35.9 Å². The number of nitrogens with one attached hydrogen (secondary N) is 3. The number of nitrogens with zero attached hydrogens (tertiary/aromatic N) is 5. The van der Waals surface area contributed by atoms with E-state index in [4.69, 9.17) is 21.0 Å². The lowest BCUT2D eigenvalue weighted by Crippen LogP contribution is -2.51. The third-order valence-corrected chi connectivity index (χ3v) is 11.7. The normalized spacial score (nSPS) is 20.3. The van der Waals surface area contributed by atoms with E-state index in [-0.39, 0.29) is 35.4 Å². The molecule has 3 aromatic carbocycles. The Hall–Kier alpha value is -6.16. The molecule has 2 aliphatic heterocycles. The number of rotatable bonds is 8. The van der Waals surface area contributed by atoms with Crippen LogP contribution in [0.25, 0.3) is 49.3 Å². The van der Waals surface area contributed by atoms with Gasteiger partial charge >= 0.3 is 12.2 Å². The molecule has 300 valence electrons. The number of hydrogen-bond acceptors (Lipinski definition) is 7. The number of amides is 3. The second-order valence-electron chi connectivity index (χ2n) is 17.4. The van der Waals surface area contributed by atoms with Crippen molar-refractivity contribution in [2.24, 2.45) is 11.3 Å². The summed E-state index contributed by atoms with van der Waals surface area (Å²) >= 11 is 0. The molecule has 0 bridgehead atoms. The van der Waals surface area contributed by atoms with Crippen molar-refractivity contribution in [1.82, 2.24) is 35.1 Å². The second-order valence-corrected chi connectivity index (χ2v) is 17.4. The van der Waals surface area contributed by atoms with E-state index < -0.39 is 23.8 Å². The highest BCUT2D eigenvalue weighted by Crippen LogP contribution is 2.58. The standard InChI is InChI=1S/C45H50N8O5/c1-26(2)38(51-42(55)57-7)41(54)53-25-45(16-17-45)21-37(53)40-48-23-35(50-40)32-15-14-30-18-29(12-13-31(30)19-32)27-8-10-28(11-9-27)34-22-47-39(49-34)36-20-33(46-6)24-52(36)43(56)58-44(3,4)5/h8-15,18-19,22-23,26,33,36-38H,16-17,20-21,24-25H2,1-5,7H3,(H,47,49)(H,48,50)(H,51,55)/t33-,36-,37-,38-/m0/s1. The first kappa shape index (κ1) is 38.7. The number of alkyl carbamates (subject to hydrolysis) is 1. The van der Waals surface area contributed by atoms with E-state index in [1.54, 1.807) is 11.1 Å². The average molecular weight is 783 g/mol. The van der Waals surface area contributed by atoms with Crippen LogP contribution in [-0.2, 0) is 14.3 Å². The maximum atomic E-state index is 13.9. The van der Waals surface area contributed by atoms with Crippen LogP contribution in [0.4, 0.5) is 9.59 Å². The molecule has 1 aliphatic carbocycles. The van der Waals surface area contributed by atoms with Gasteiger partial charge in [-0.05, 0) is 91.0 Å². The van der Waals surface area contributed by atoms with Crippen molar-refractivity contribution in [3.05, 3.63) is 96.1 Å². The maximum absolute atomic E-state index is 13.9. The van der Waals surface area contributed by atoms with Gasteiger partial charge in [0, 0.05) is 12.1 Å². The Kier molecular flexibility index (Phi) is 9.99. The number of ether oxygens (including phenoxy) is 2. The molecule has 4 heterocycles. The predicted molar refractivity (Wildman–Crippen MR) is 220 cm³/mol. The van der Waals surface area contributed by atoms with Gasteiger partial charge in [-0.1, -0.05) is 62.4 Å². The zero-order valence-electron chi connectivity index (χ0n) is 33.8. The zero-order valence-corrected chi connectivity index (χ0v) is 33.8. The van der Waals surface area contributed by atoms with E-state index in [9.17, 15) is 14.4 Å². The van der Waals surface area contributed by atoms with Gasteiger partial charge in [0.25, 0.3) is 0 Å². The number of imidazole rings is 2. The summed E-state index contributed by atoms with van der Waals surface area (Å²) in [5.41, 5.74) is 5.33. The summed E-state index contributed by atoms with van der Waals surface area (Å²) in [6, 6.07) is 19.5. The summed E-state index contributed by atoms with van der Waals surface area (Å²) in [6.45, 7) is 17.9. The van der Waals surface area contributed by atoms with Gasteiger partial charge in [-0.2, -0.15) is 0 Å². The first-order valence-electron chi connectivity index (χ1n) is 20.0. The van der Waals surface area contributed by atoms with Gasteiger partial charge in [-0.15, -0.1) is 0 Å². The molecule has 1 saturated carbocycles. The molecule has 3 aliphatic rings. The van der Waals surface area contributed by atoms with E-state index in [1.165, 1.54) is 7.11 Å². The Labute approximate surface area is 338 Å². The lowest BCUT2D eigenvalue weighted by molar-refractivity contribution is -0.135. The number of hydrogen-bond donors (Lipinski definition) is 3. The minimum Gasteiger partial charge on any atom is -0.453 e. The van der Waals surface area contributed by atoms with Gasteiger partial charge in [0.05, 0.1) is 43.4 Å². The van der Waals surface area contributed by atoms with Crippen LogP contribution in [0.3, 0.4) is 0 Å². The molecule has 2 aromatic heterocycles. The number of methoxy groups -OCH3 is 1. The van der Waals surface area contributed by atoms with Gasteiger partial charge < -0.3 is 34.5 Å². The quantitative estimate of drug-likeness (QED) is 0.133. The van der Waals surface area contributed by atoms with Crippen molar-refractivity contribution >= 4 is 28.9 Å². The molecule has 3 fully saturated rings. The minimum absolute atomic E-state index is 0.104. The van der Waals surface area contributed by atoms with Crippen molar-refractivity contribution in [3.63, 3.8) is 0 Å². The summed E-state index contributed by atoms with van der Waals surface area (Å²) in [5, 5.41) is 4.95. The molecule has 3 N–H and O–H groups in total. The lowest BCUT2D eigenvalue weighted by atomic mass is 9.98. The Balaban J connectivity index is 0.966. The lowest BCUT2D eigenvalue weighted by Gasteiger charge is -2.30. The van der Waals surface area contributed by atoms with Crippen LogP contribution >= 0.6 is 0 Å². The Morgan fingerprint density at radius 2 is 1.45 bits per heavy atom. The topological polar surface area (TPSA) is 150 Å². The highest BCUT2D eigenvalue weighted by molar-refractivity contribution is 5.91. The molecule has 8 rings (SSSR count). The fourth-order valence-electron chi connectivity index (χ4n) is 8.38. The summed E-state index contributed by atoms with van der Waals surface area (Å²) in [4.78, 5) is 62.6. The number of likely N-dealkylation sites (tertiary alicyclic amines) is 2. The monoisotopic (exact) mass is 782 g/mol. The number of H-pyrrole nitrogens is 2. The van der Waals surface area contributed by atoms with Gasteiger partial charge in [0.2, 0.25) is 11.9 Å². The van der Waals surface area contributed by atoms with Gasteiger partial charge in [-0.25, -0.2) is 26.1 Å². The van der Waals surface area contributed by atoms with Crippen LogP contribution in [-0.4, -0.2) is 85.7 Å². The van der Waals surface area contributed by atoms with Crippen LogP contribution in [0.1, 0.15) is 84.0 Å². The SMILES string of the molecule is [C-]#[N+][C@H]1C[C@@H](c2ncc(-c3ccc(-c4ccc5cc(-c6cnc([C@@H]7CC8(CC8)CN7C(=O)[C@@H](NC(=O)OC)C(C)C)[nH]6)ccc5c4)cc3)[nH]2)N(C(=O)OC(C)(C)C)C1. The Morgan fingerprint density at radius 3 is 2.05 bits per heavy atom. The molecule has 1 spiro atoms. The summed E-state index contributed by atoms with van der Waals surface area (Å²) in [5.74, 6) is 1.19. The number of aromatic amines is 2. The number of carbonyl (C=O) groups excluding carboxylic acids is 3. The summed E-state index contributed by atoms with van der Waals surface area (Å²) in [6.07, 6.45) is 6.09. The van der Waals surface area contributed by atoms with E-state index in [0.29, 0.717) is 25.3 Å². The molecule has 5 aromatic rings. The minimum atomic E-state index is -0.686. The first-order valence-corrected chi connectivity index (χ1v) is 20.0. The highest BCUT2D eigenvalue weighted by atomic mass is 16.6. The van der Waals surface area contributed by atoms with Crippen LogP contribution in [0.2, 0.25) is 0 Å². The van der Waals surface area contributed by atoms with Crippen molar-refractivity contribution in [2.45, 2.75) is 90.1 Å². The smallest absolute Gasteiger partial charge is 0.411 e. The van der Waals surface area contributed by atoms with Crippen LogP contribution in [0, 0.1) is 17.9 Å². The van der Waals surface area contributed by atoms with Gasteiger partial charge in [0.15, 0.2) is 0 Å². The van der Waals surface area contributed by atoms with Crippen LogP contribution < -0.4 is 5.32 Å². The van der Waals surface area contributed by atoms with Crippen molar-refractivity contribution in [2.75, 3.05) is 20.2 Å². The van der Waals surface area contributed by atoms with E-state index in [0.717, 1.165) is 69.5 Å². The third-order valence-electron chi connectivity index (χ3n) is 11.7. The van der Waals surface area contributed by atoms with E-state index >= 15 is 0 Å². The number of aromatic nitrogens is 4. The third kappa shape index (κ3) is 7.75. The zero-order chi connectivity index (χ0) is 40.9. The van der Waals surface area contributed by atoms with Crippen molar-refractivity contribution in [3.8, 4) is 33.6 Å². The molecular weight excluding hydrogens is 733 g/mol. The van der Waals surface area contributed by atoms with Crippen molar-refractivity contribution in [1.29, 1.82) is 0 Å². The molecule has 3 amide bonds. The number of benzene rings is 3. The molecule has 2 saturated heterocycles. The highest BCUT2D eigenvalue weighted by Gasteiger charge is 2.55. The first-order chi connectivity index (χ1) is 27.7. The van der Waals surface area contributed by atoms with Gasteiger partial charge in [-0.3, -0.25) is 9.69 Å². The number of fused-ring (bicyclic) bond motifs is 1. The van der Waals surface area contributed by atoms with Crippen LogP contribution in [0.15, 0.2) is 73.1 Å². The molecular formula is C45H50N8O5. The fourth-order valence-corrected chi connectivity index (χ4v) is 8.38. The van der Waals surface area contributed by atoms with E-state index in [1.807, 2.05) is 45.7 Å². The largest absolute Gasteiger partial charge is 0.453 e. The van der Waals surface area contributed by atoms with Crippen LogP contribution in [0.5, 0.6) is 0 Å². The molecule has 58 heavy (non-hydrogen) atoms. The van der Waals surface area contributed by atoms with Crippen molar-refractivity contribution < 1.29 is 23.9 Å². The Morgan fingerprint density at radius 1 is 0.862 bits per heavy atom. The predicted octanol–water partition coefficient (Wildman–Crippen LogP) is 8.69. The summed E-state index contributed by atoms with van der Waals surface area (Å²) < 4.78 is 10.5. The van der Waals surface area contributed by atoms with E-state index in [2.05, 4.69) is 85.8 Å². The average Bonchev–Trinajstić information content (AvgIpc) is 3.71. The fraction of sp³-hybridized carbons (Fsp3) is 0.422. The molecule has 13 nitrogen and oxygen atoms in total. The number of carbonyl (C=O) groups is 3. The molecule has 0 unspecified atom stereocenters. The second kappa shape index (κ2) is 15.0. The Bertz CT molecular complexity index is 2400. The molecule has 0 radical (unpaired) electrons. The maximum Gasteiger partial charge on any atom is 0.411 e. The molecule has 13 heteroatoms. The summed E-state index contributed by atoms with van der Waals surface area (Å²) in [7, 11) is 1.30. The molecule has 4 atom stereocenters.